The lowest BCUT2D eigenvalue weighted by molar-refractivity contribution is -0.124. The molecule has 0 radical (unpaired) electrons. The second-order valence-electron chi connectivity index (χ2n) is 4.47. The van der Waals surface area contributed by atoms with Crippen molar-refractivity contribution in [2.24, 2.45) is 0 Å². The molecular formula is C12H17N3O2. The van der Waals surface area contributed by atoms with Crippen LogP contribution in [-0.2, 0) is 4.79 Å². The van der Waals surface area contributed by atoms with Gasteiger partial charge in [-0.1, -0.05) is 12.8 Å². The molecule has 1 heterocycles. The maximum Gasteiger partial charge on any atom is 0.267 e. The largest absolute Gasteiger partial charge is 0.352 e. The first-order valence-electron chi connectivity index (χ1n) is 6.02. The van der Waals surface area contributed by atoms with Crippen LogP contribution in [-0.4, -0.2) is 21.7 Å². The van der Waals surface area contributed by atoms with Gasteiger partial charge in [0.1, 0.15) is 6.04 Å². The maximum atomic E-state index is 11.9. The fourth-order valence-electron chi connectivity index (χ4n) is 2.16. The Hall–Kier alpha value is -1.65. The molecule has 17 heavy (non-hydrogen) atoms. The van der Waals surface area contributed by atoms with E-state index in [0.717, 1.165) is 12.8 Å². The van der Waals surface area contributed by atoms with E-state index in [1.165, 1.54) is 29.8 Å². The summed E-state index contributed by atoms with van der Waals surface area (Å²) in [5, 5.41) is 6.88. The fourth-order valence-corrected chi connectivity index (χ4v) is 2.16. The molecule has 0 aliphatic heterocycles. The lowest BCUT2D eigenvalue weighted by atomic mass is 10.2. The number of hydrogen-bond acceptors (Lipinski definition) is 3. The molecule has 0 saturated heterocycles. The van der Waals surface area contributed by atoms with Crippen molar-refractivity contribution in [2.75, 3.05) is 0 Å². The first kappa shape index (κ1) is 11.8. The molecular weight excluding hydrogens is 218 g/mol. The molecule has 1 unspecified atom stereocenters. The van der Waals surface area contributed by atoms with Crippen molar-refractivity contribution in [1.82, 2.24) is 15.1 Å². The van der Waals surface area contributed by atoms with Gasteiger partial charge in [0.15, 0.2) is 0 Å². The van der Waals surface area contributed by atoms with Gasteiger partial charge >= 0.3 is 0 Å². The molecule has 0 spiro atoms. The van der Waals surface area contributed by atoms with Crippen molar-refractivity contribution in [2.45, 2.75) is 44.7 Å². The summed E-state index contributed by atoms with van der Waals surface area (Å²) in [5.41, 5.74) is -0.249. The molecule has 92 valence electrons. The number of nitrogens with zero attached hydrogens (tertiary/aromatic N) is 2. The molecule has 0 bridgehead atoms. The van der Waals surface area contributed by atoms with Crippen LogP contribution in [0.3, 0.4) is 0 Å². The minimum Gasteiger partial charge on any atom is -0.352 e. The highest BCUT2D eigenvalue weighted by atomic mass is 16.2. The molecule has 1 atom stereocenters. The van der Waals surface area contributed by atoms with Crippen molar-refractivity contribution in [3.8, 4) is 0 Å². The third kappa shape index (κ3) is 2.72. The molecule has 1 aliphatic carbocycles. The van der Waals surface area contributed by atoms with E-state index >= 15 is 0 Å². The van der Waals surface area contributed by atoms with Gasteiger partial charge in [-0.2, -0.15) is 5.10 Å². The molecule has 1 fully saturated rings. The Bertz CT molecular complexity index is 449. The molecule has 5 nitrogen and oxygen atoms in total. The number of amides is 1. The molecule has 1 saturated carbocycles. The summed E-state index contributed by atoms with van der Waals surface area (Å²) in [7, 11) is 0. The minimum absolute atomic E-state index is 0.127. The van der Waals surface area contributed by atoms with Crippen LogP contribution in [0.5, 0.6) is 0 Å². The molecule has 1 aromatic rings. The van der Waals surface area contributed by atoms with E-state index in [9.17, 15) is 9.59 Å². The van der Waals surface area contributed by atoms with Crippen molar-refractivity contribution in [1.29, 1.82) is 0 Å². The number of nitrogens with one attached hydrogen (secondary N) is 1. The van der Waals surface area contributed by atoms with Crippen LogP contribution in [0.15, 0.2) is 23.1 Å². The summed E-state index contributed by atoms with van der Waals surface area (Å²) in [4.78, 5) is 23.5. The normalized spacial score (nSPS) is 17.9. The summed E-state index contributed by atoms with van der Waals surface area (Å²) < 4.78 is 1.21. The van der Waals surface area contributed by atoms with Crippen molar-refractivity contribution >= 4 is 5.91 Å². The first-order valence-corrected chi connectivity index (χ1v) is 6.02. The van der Waals surface area contributed by atoms with E-state index in [2.05, 4.69) is 10.4 Å². The molecule has 1 aromatic heterocycles. The van der Waals surface area contributed by atoms with Crippen LogP contribution in [0.1, 0.15) is 38.6 Å². The first-order chi connectivity index (χ1) is 8.18. The van der Waals surface area contributed by atoms with Crippen molar-refractivity contribution in [3.05, 3.63) is 28.7 Å². The van der Waals surface area contributed by atoms with Gasteiger partial charge in [-0.25, -0.2) is 4.68 Å². The number of carbonyl (C=O) groups excluding carboxylic acids is 1. The highest BCUT2D eigenvalue weighted by Crippen LogP contribution is 2.18. The average Bonchev–Trinajstić information content (AvgIpc) is 2.81. The van der Waals surface area contributed by atoms with Gasteiger partial charge in [0, 0.05) is 18.3 Å². The standard InChI is InChI=1S/C12H17N3O2/c1-9(15-11(16)7-4-8-13-15)12(17)14-10-5-2-3-6-10/h4,7-10H,2-3,5-6H2,1H3,(H,14,17). The van der Waals surface area contributed by atoms with E-state index in [-0.39, 0.29) is 17.5 Å². The van der Waals surface area contributed by atoms with Crippen LogP contribution in [0.4, 0.5) is 0 Å². The zero-order valence-corrected chi connectivity index (χ0v) is 9.93. The predicted molar refractivity (Wildman–Crippen MR) is 63.6 cm³/mol. The van der Waals surface area contributed by atoms with Gasteiger partial charge in [0.05, 0.1) is 0 Å². The van der Waals surface area contributed by atoms with E-state index < -0.39 is 6.04 Å². The number of aromatic nitrogens is 2. The Morgan fingerprint density at radius 3 is 2.88 bits per heavy atom. The minimum atomic E-state index is -0.552. The van der Waals surface area contributed by atoms with E-state index in [1.807, 2.05) is 0 Å². The van der Waals surface area contributed by atoms with Gasteiger partial charge in [0.2, 0.25) is 5.91 Å². The molecule has 1 N–H and O–H groups in total. The summed E-state index contributed by atoms with van der Waals surface area (Å²) in [6, 6.07) is 2.70. The monoisotopic (exact) mass is 235 g/mol. The van der Waals surface area contributed by atoms with E-state index in [4.69, 9.17) is 0 Å². The highest BCUT2D eigenvalue weighted by molar-refractivity contribution is 5.80. The lowest BCUT2D eigenvalue weighted by Crippen LogP contribution is -2.40. The average molecular weight is 235 g/mol. The summed E-state index contributed by atoms with van der Waals surface area (Å²) in [6.45, 7) is 1.69. The third-order valence-electron chi connectivity index (χ3n) is 3.19. The maximum absolute atomic E-state index is 11.9. The molecule has 0 aromatic carbocycles. The van der Waals surface area contributed by atoms with Crippen LogP contribution < -0.4 is 10.9 Å². The second kappa shape index (κ2) is 5.12. The SMILES string of the molecule is CC(C(=O)NC1CCCC1)n1ncccc1=O. The van der Waals surface area contributed by atoms with Gasteiger partial charge in [0.25, 0.3) is 5.56 Å². The van der Waals surface area contributed by atoms with Gasteiger partial charge in [-0.05, 0) is 25.8 Å². The topological polar surface area (TPSA) is 64.0 Å². The Morgan fingerprint density at radius 2 is 2.24 bits per heavy atom. The zero-order valence-electron chi connectivity index (χ0n) is 9.93. The summed E-state index contributed by atoms with van der Waals surface area (Å²) in [6.07, 6.45) is 5.93. The molecule has 1 aliphatic rings. The van der Waals surface area contributed by atoms with Crippen molar-refractivity contribution in [3.63, 3.8) is 0 Å². The second-order valence-corrected chi connectivity index (χ2v) is 4.47. The number of carbonyl (C=O) groups is 1. The van der Waals surface area contributed by atoms with Gasteiger partial charge in [-0.3, -0.25) is 9.59 Å². The smallest absolute Gasteiger partial charge is 0.267 e. The van der Waals surface area contributed by atoms with E-state index in [0.29, 0.717) is 0 Å². The van der Waals surface area contributed by atoms with Crippen LogP contribution >= 0.6 is 0 Å². The number of rotatable bonds is 3. The molecule has 2 rings (SSSR count). The molecule has 1 amide bonds. The predicted octanol–water partition coefficient (Wildman–Crippen LogP) is 0.863. The summed E-state index contributed by atoms with van der Waals surface area (Å²) in [5.74, 6) is -0.127. The summed E-state index contributed by atoms with van der Waals surface area (Å²) >= 11 is 0. The van der Waals surface area contributed by atoms with Crippen molar-refractivity contribution < 1.29 is 4.79 Å². The lowest BCUT2D eigenvalue weighted by Gasteiger charge is -2.17. The Morgan fingerprint density at radius 1 is 1.53 bits per heavy atom. The van der Waals surface area contributed by atoms with Crippen LogP contribution in [0.2, 0.25) is 0 Å². The van der Waals surface area contributed by atoms with Gasteiger partial charge in [-0.15, -0.1) is 0 Å². The fraction of sp³-hybridized carbons (Fsp3) is 0.583. The van der Waals surface area contributed by atoms with Gasteiger partial charge < -0.3 is 5.32 Å². The third-order valence-corrected chi connectivity index (χ3v) is 3.19. The zero-order chi connectivity index (χ0) is 12.3. The molecule has 5 heteroatoms. The quantitative estimate of drug-likeness (QED) is 0.845. The van der Waals surface area contributed by atoms with Crippen LogP contribution in [0, 0.1) is 0 Å². The number of hydrogen-bond donors (Lipinski definition) is 1. The Labute approximate surface area is 99.8 Å². The Balaban J connectivity index is 2.04. The van der Waals surface area contributed by atoms with Crippen LogP contribution in [0.25, 0.3) is 0 Å². The Kier molecular flexibility index (Phi) is 3.56. The van der Waals surface area contributed by atoms with E-state index in [1.54, 1.807) is 13.0 Å². The highest BCUT2D eigenvalue weighted by Gasteiger charge is 2.22.